The predicted molar refractivity (Wildman–Crippen MR) is 93.1 cm³/mol. The third-order valence-electron chi connectivity index (χ3n) is 3.77. The van der Waals surface area contributed by atoms with E-state index >= 15 is 0 Å². The van der Waals surface area contributed by atoms with Gasteiger partial charge in [0.15, 0.2) is 0 Å². The Morgan fingerprint density at radius 1 is 1.19 bits per heavy atom. The summed E-state index contributed by atoms with van der Waals surface area (Å²) in [5.74, 6) is 0. The molecule has 0 aliphatic heterocycles. The van der Waals surface area contributed by atoms with Crippen molar-refractivity contribution in [2.45, 2.75) is 46.8 Å². The van der Waals surface area contributed by atoms with E-state index in [4.69, 9.17) is 4.74 Å². The van der Waals surface area contributed by atoms with Crippen LogP contribution in [0, 0.1) is 5.41 Å². The standard InChI is InChI=1S/C18H27NOS/c1-6-19-15(17(20-7-2)18(3,4)5)14-10-8-9-13-11-12-21-16(13)14/h8-12,15,17,19H,6-7H2,1-5H3. The minimum atomic E-state index is 0.0856. The lowest BCUT2D eigenvalue weighted by molar-refractivity contribution is -0.0359. The minimum Gasteiger partial charge on any atom is -0.376 e. The summed E-state index contributed by atoms with van der Waals surface area (Å²) < 4.78 is 7.52. The molecule has 0 aliphatic carbocycles. The van der Waals surface area contributed by atoms with E-state index in [2.05, 4.69) is 69.6 Å². The molecule has 2 unspecified atom stereocenters. The second-order valence-electron chi connectivity index (χ2n) is 6.46. The molecule has 0 saturated carbocycles. The van der Waals surface area contributed by atoms with E-state index in [9.17, 15) is 0 Å². The van der Waals surface area contributed by atoms with Crippen molar-refractivity contribution in [1.29, 1.82) is 0 Å². The summed E-state index contributed by atoms with van der Waals surface area (Å²) in [6, 6.07) is 8.99. The monoisotopic (exact) mass is 305 g/mol. The molecule has 116 valence electrons. The van der Waals surface area contributed by atoms with E-state index in [1.54, 1.807) is 0 Å². The maximum atomic E-state index is 6.14. The smallest absolute Gasteiger partial charge is 0.0818 e. The zero-order valence-corrected chi connectivity index (χ0v) is 14.6. The Kier molecular flexibility index (Phi) is 5.42. The van der Waals surface area contributed by atoms with Crippen LogP contribution in [0.3, 0.4) is 0 Å². The molecule has 1 N–H and O–H groups in total. The van der Waals surface area contributed by atoms with Gasteiger partial charge in [0.1, 0.15) is 0 Å². The van der Waals surface area contributed by atoms with Gasteiger partial charge in [0.25, 0.3) is 0 Å². The van der Waals surface area contributed by atoms with E-state index in [0.717, 1.165) is 13.2 Å². The number of hydrogen-bond acceptors (Lipinski definition) is 3. The zero-order valence-electron chi connectivity index (χ0n) is 13.8. The Hall–Kier alpha value is -0.900. The topological polar surface area (TPSA) is 21.3 Å². The number of fused-ring (bicyclic) bond motifs is 1. The molecule has 0 radical (unpaired) electrons. The van der Waals surface area contributed by atoms with E-state index in [-0.39, 0.29) is 17.6 Å². The molecule has 0 saturated heterocycles. The van der Waals surface area contributed by atoms with Crippen LogP contribution in [0.15, 0.2) is 29.6 Å². The van der Waals surface area contributed by atoms with Crippen LogP contribution in [0.4, 0.5) is 0 Å². The first-order valence-electron chi connectivity index (χ1n) is 7.80. The Morgan fingerprint density at radius 3 is 2.57 bits per heavy atom. The van der Waals surface area contributed by atoms with Gasteiger partial charge in [-0.3, -0.25) is 0 Å². The molecule has 1 aromatic heterocycles. The highest BCUT2D eigenvalue weighted by Crippen LogP contribution is 2.37. The maximum absolute atomic E-state index is 6.14. The average Bonchev–Trinajstić information content (AvgIpc) is 2.90. The van der Waals surface area contributed by atoms with Crippen LogP contribution >= 0.6 is 11.3 Å². The highest BCUT2D eigenvalue weighted by Gasteiger charge is 2.34. The van der Waals surface area contributed by atoms with Crippen molar-refractivity contribution in [3.05, 3.63) is 35.2 Å². The molecule has 0 spiro atoms. The third kappa shape index (κ3) is 3.65. The summed E-state index contributed by atoms with van der Waals surface area (Å²) in [7, 11) is 0. The molecular weight excluding hydrogens is 278 g/mol. The van der Waals surface area contributed by atoms with Crippen LogP contribution in [-0.2, 0) is 4.74 Å². The number of thiophene rings is 1. The van der Waals surface area contributed by atoms with Gasteiger partial charge >= 0.3 is 0 Å². The number of ether oxygens (including phenoxy) is 1. The van der Waals surface area contributed by atoms with Crippen molar-refractivity contribution < 1.29 is 4.74 Å². The molecule has 1 aromatic carbocycles. The number of rotatable bonds is 6. The van der Waals surface area contributed by atoms with Gasteiger partial charge in [-0.05, 0) is 41.3 Å². The fraction of sp³-hybridized carbons (Fsp3) is 0.556. The highest BCUT2D eigenvalue weighted by atomic mass is 32.1. The molecule has 0 bridgehead atoms. The van der Waals surface area contributed by atoms with Crippen molar-refractivity contribution in [2.24, 2.45) is 5.41 Å². The fourth-order valence-corrected chi connectivity index (χ4v) is 3.84. The van der Waals surface area contributed by atoms with E-state index in [0.29, 0.717) is 0 Å². The number of nitrogens with one attached hydrogen (secondary N) is 1. The highest BCUT2D eigenvalue weighted by molar-refractivity contribution is 7.17. The van der Waals surface area contributed by atoms with Crippen molar-refractivity contribution in [2.75, 3.05) is 13.2 Å². The molecule has 0 amide bonds. The summed E-state index contributed by atoms with van der Waals surface area (Å²) in [5.41, 5.74) is 1.44. The molecule has 2 atom stereocenters. The van der Waals surface area contributed by atoms with Gasteiger partial charge < -0.3 is 10.1 Å². The number of benzene rings is 1. The van der Waals surface area contributed by atoms with Crippen LogP contribution in [0.5, 0.6) is 0 Å². The van der Waals surface area contributed by atoms with Crippen LogP contribution in [-0.4, -0.2) is 19.3 Å². The Labute approximate surface area is 132 Å². The lowest BCUT2D eigenvalue weighted by Crippen LogP contribution is -2.42. The van der Waals surface area contributed by atoms with E-state index in [1.165, 1.54) is 15.6 Å². The van der Waals surface area contributed by atoms with Gasteiger partial charge in [0, 0.05) is 11.3 Å². The average molecular weight is 305 g/mol. The van der Waals surface area contributed by atoms with E-state index in [1.807, 2.05) is 11.3 Å². The summed E-state index contributed by atoms with van der Waals surface area (Å²) in [6.45, 7) is 12.7. The molecule has 2 nitrogen and oxygen atoms in total. The summed E-state index contributed by atoms with van der Waals surface area (Å²) >= 11 is 1.82. The lowest BCUT2D eigenvalue weighted by Gasteiger charge is -2.37. The zero-order chi connectivity index (χ0) is 15.5. The molecule has 3 heteroatoms. The quantitative estimate of drug-likeness (QED) is 0.810. The van der Waals surface area contributed by atoms with Gasteiger partial charge in [0.05, 0.1) is 12.1 Å². The first kappa shape index (κ1) is 16.5. The summed E-state index contributed by atoms with van der Waals surface area (Å²) in [6.07, 6.45) is 0.148. The minimum absolute atomic E-state index is 0.0856. The van der Waals surface area contributed by atoms with Crippen LogP contribution in [0.25, 0.3) is 10.1 Å². The van der Waals surface area contributed by atoms with Gasteiger partial charge in [0.2, 0.25) is 0 Å². The molecular formula is C18H27NOS. The van der Waals surface area contributed by atoms with Gasteiger partial charge in [-0.15, -0.1) is 11.3 Å². The number of likely N-dealkylation sites (N-methyl/N-ethyl adjacent to an activating group) is 1. The van der Waals surface area contributed by atoms with Gasteiger partial charge in [-0.2, -0.15) is 0 Å². The Balaban J connectivity index is 2.48. The normalized spacial score (nSPS) is 15.3. The summed E-state index contributed by atoms with van der Waals surface area (Å²) in [4.78, 5) is 0. The van der Waals surface area contributed by atoms with Crippen LogP contribution < -0.4 is 5.32 Å². The first-order chi connectivity index (χ1) is 9.99. The molecule has 0 fully saturated rings. The Morgan fingerprint density at radius 2 is 1.95 bits per heavy atom. The fourth-order valence-electron chi connectivity index (χ4n) is 2.89. The lowest BCUT2D eigenvalue weighted by atomic mass is 9.81. The van der Waals surface area contributed by atoms with Crippen molar-refractivity contribution in [1.82, 2.24) is 5.32 Å². The molecule has 21 heavy (non-hydrogen) atoms. The van der Waals surface area contributed by atoms with E-state index < -0.39 is 0 Å². The maximum Gasteiger partial charge on any atom is 0.0818 e. The van der Waals surface area contributed by atoms with Crippen LogP contribution in [0.1, 0.15) is 46.2 Å². The second-order valence-corrected chi connectivity index (χ2v) is 7.38. The van der Waals surface area contributed by atoms with Gasteiger partial charge in [-0.1, -0.05) is 45.9 Å². The second kappa shape index (κ2) is 6.91. The molecule has 1 heterocycles. The predicted octanol–water partition coefficient (Wildman–Crippen LogP) is 5.00. The summed E-state index contributed by atoms with van der Waals surface area (Å²) in [5, 5.41) is 7.15. The largest absolute Gasteiger partial charge is 0.376 e. The Bertz CT molecular complexity index is 570. The molecule has 2 aromatic rings. The van der Waals surface area contributed by atoms with Crippen molar-refractivity contribution >= 4 is 21.4 Å². The molecule has 2 rings (SSSR count). The van der Waals surface area contributed by atoms with Crippen LogP contribution in [0.2, 0.25) is 0 Å². The van der Waals surface area contributed by atoms with Gasteiger partial charge in [-0.25, -0.2) is 0 Å². The van der Waals surface area contributed by atoms with Crippen molar-refractivity contribution in [3.8, 4) is 0 Å². The molecule has 0 aliphatic rings. The van der Waals surface area contributed by atoms with Crippen molar-refractivity contribution in [3.63, 3.8) is 0 Å². The SMILES string of the molecule is CCNC(c1cccc2ccsc12)C(OCC)C(C)(C)C. The number of hydrogen-bond donors (Lipinski definition) is 1. The third-order valence-corrected chi connectivity index (χ3v) is 4.75. The first-order valence-corrected chi connectivity index (χ1v) is 8.68.